The number of ether oxygens (including phenoxy) is 2. The average molecular weight is 501 g/mol. The number of rotatable bonds is 11. The Labute approximate surface area is 212 Å². The smallest absolute Gasteiger partial charge is 0.0973 e. The van der Waals surface area contributed by atoms with Crippen LogP contribution in [0.1, 0.15) is 84.0 Å². The first-order valence-corrected chi connectivity index (χ1v) is 14.2. The van der Waals surface area contributed by atoms with Gasteiger partial charge in [0.05, 0.1) is 44.0 Å². The van der Waals surface area contributed by atoms with Crippen molar-refractivity contribution in [2.45, 2.75) is 139 Å². The van der Waals surface area contributed by atoms with E-state index in [1.54, 1.807) is 0 Å². The van der Waals surface area contributed by atoms with E-state index in [-0.39, 0.29) is 36.4 Å². The highest BCUT2D eigenvalue weighted by molar-refractivity contribution is 4.89. The maximum absolute atomic E-state index is 11.1. The van der Waals surface area contributed by atoms with Gasteiger partial charge >= 0.3 is 0 Å². The van der Waals surface area contributed by atoms with Gasteiger partial charge in [0.25, 0.3) is 0 Å². The Morgan fingerprint density at radius 1 is 0.571 bits per heavy atom. The Morgan fingerprint density at radius 3 is 1.43 bits per heavy atom. The molecular weight excluding hydrogens is 448 g/mol. The van der Waals surface area contributed by atoms with Crippen LogP contribution in [0.3, 0.4) is 0 Å². The number of hydrogen-bond acceptors (Lipinski definition) is 9. The van der Waals surface area contributed by atoms with Crippen molar-refractivity contribution in [3.63, 3.8) is 0 Å². The Balaban J connectivity index is 1.44. The highest BCUT2D eigenvalue weighted by Crippen LogP contribution is 2.24. The van der Waals surface area contributed by atoms with Crippen molar-refractivity contribution in [1.29, 1.82) is 0 Å². The lowest BCUT2D eigenvalue weighted by Gasteiger charge is -2.32. The molecule has 3 saturated carbocycles. The zero-order valence-electron chi connectivity index (χ0n) is 22.0. The summed E-state index contributed by atoms with van der Waals surface area (Å²) < 4.78 is 12.2. The van der Waals surface area contributed by atoms with Gasteiger partial charge in [0.15, 0.2) is 0 Å². The fourth-order valence-corrected chi connectivity index (χ4v) is 6.11. The molecule has 0 amide bonds. The van der Waals surface area contributed by atoms with Gasteiger partial charge in [0, 0.05) is 24.2 Å². The fourth-order valence-electron chi connectivity index (χ4n) is 6.11. The molecular formula is C26H52N4O5. The van der Waals surface area contributed by atoms with Crippen LogP contribution in [0.5, 0.6) is 0 Å². The highest BCUT2D eigenvalue weighted by atomic mass is 16.5. The molecule has 3 fully saturated rings. The van der Waals surface area contributed by atoms with Crippen molar-refractivity contribution in [2.24, 2.45) is 0 Å². The fraction of sp³-hybridized carbons (Fsp3) is 1.00. The summed E-state index contributed by atoms with van der Waals surface area (Å²) in [7, 11) is 1.91. The lowest BCUT2D eigenvalue weighted by atomic mass is 10.0. The van der Waals surface area contributed by atoms with E-state index >= 15 is 0 Å². The largest absolute Gasteiger partial charge is 0.390 e. The van der Waals surface area contributed by atoms with Crippen LogP contribution in [-0.4, -0.2) is 97.1 Å². The minimum absolute atomic E-state index is 0.00257. The molecule has 35 heavy (non-hydrogen) atoms. The predicted molar refractivity (Wildman–Crippen MR) is 137 cm³/mol. The van der Waals surface area contributed by atoms with Gasteiger partial charge < -0.3 is 35.4 Å². The van der Waals surface area contributed by atoms with Crippen molar-refractivity contribution < 1.29 is 24.8 Å². The van der Waals surface area contributed by atoms with E-state index in [0.29, 0.717) is 13.5 Å². The molecule has 0 unspecified atom stereocenters. The molecule has 9 heteroatoms. The normalized spacial score (nSPS) is 39.5. The molecule has 0 aliphatic heterocycles. The van der Waals surface area contributed by atoms with Crippen molar-refractivity contribution >= 4 is 0 Å². The van der Waals surface area contributed by atoms with Crippen LogP contribution in [0.15, 0.2) is 0 Å². The average Bonchev–Trinajstić information content (AvgIpc) is 3.23. The molecule has 0 saturated heterocycles. The summed E-state index contributed by atoms with van der Waals surface area (Å²) in [5.41, 5.74) is 0. The van der Waals surface area contributed by atoms with E-state index < -0.39 is 18.3 Å². The highest BCUT2D eigenvalue weighted by Gasteiger charge is 2.34. The quantitative estimate of drug-likeness (QED) is 0.164. The lowest BCUT2D eigenvalue weighted by molar-refractivity contribution is -0.0814. The SMILES string of the molecule is CCN[C@@H]1CCCC[C@H](OCN[C@H]2CCCC[C@H](OCN[C@H]3CCCC[C@H](NC)[C@H]3O)[C@@H]2O)[C@@H]1O. The maximum atomic E-state index is 11.1. The molecule has 206 valence electrons. The van der Waals surface area contributed by atoms with E-state index in [4.69, 9.17) is 9.47 Å². The molecule has 0 aromatic carbocycles. The third-order valence-electron chi connectivity index (χ3n) is 8.32. The van der Waals surface area contributed by atoms with Gasteiger partial charge in [-0.25, -0.2) is 0 Å². The zero-order valence-corrected chi connectivity index (χ0v) is 22.0. The first-order valence-electron chi connectivity index (χ1n) is 14.2. The molecule has 0 spiro atoms. The molecule has 0 aromatic heterocycles. The number of aliphatic hydroxyl groups excluding tert-OH is 3. The van der Waals surface area contributed by atoms with Crippen molar-refractivity contribution in [2.75, 3.05) is 27.1 Å². The van der Waals surface area contributed by atoms with Crippen LogP contribution in [0.4, 0.5) is 0 Å². The number of aliphatic hydroxyl groups is 3. The third kappa shape index (κ3) is 8.86. The van der Waals surface area contributed by atoms with Crippen LogP contribution in [0, 0.1) is 0 Å². The molecule has 0 heterocycles. The zero-order chi connectivity index (χ0) is 25.0. The second-order valence-electron chi connectivity index (χ2n) is 10.7. The van der Waals surface area contributed by atoms with Crippen molar-refractivity contribution in [3.8, 4) is 0 Å². The standard InChI is InChI=1S/C26H52N4O5/c1-3-28-20-12-6-8-14-22(25(20)32)35-17-30-21-13-7-9-15-23(26(21)33)34-16-29-19-11-5-4-10-18(27-2)24(19)31/h18-33H,3-17H2,1-2H3/t18-,19-,20+,21-,22-,23-,24+,25+,26+/m0/s1. The minimum atomic E-state index is -0.624. The maximum Gasteiger partial charge on any atom is 0.0973 e. The summed E-state index contributed by atoms with van der Waals surface area (Å²) >= 11 is 0. The molecule has 0 radical (unpaired) electrons. The van der Waals surface area contributed by atoms with Gasteiger partial charge in [-0.05, 0) is 52.1 Å². The summed E-state index contributed by atoms with van der Waals surface area (Å²) in [6.07, 6.45) is 9.83. The third-order valence-corrected chi connectivity index (χ3v) is 8.32. The molecule has 3 rings (SSSR count). The monoisotopic (exact) mass is 500 g/mol. The molecule has 3 aliphatic rings. The van der Waals surface area contributed by atoms with Crippen molar-refractivity contribution in [1.82, 2.24) is 21.3 Å². The minimum Gasteiger partial charge on any atom is -0.390 e. The van der Waals surface area contributed by atoms with Crippen LogP contribution in [0.2, 0.25) is 0 Å². The van der Waals surface area contributed by atoms with E-state index in [9.17, 15) is 15.3 Å². The van der Waals surface area contributed by atoms with Crippen LogP contribution in [0.25, 0.3) is 0 Å². The number of hydrogen-bond donors (Lipinski definition) is 7. The van der Waals surface area contributed by atoms with Crippen LogP contribution in [-0.2, 0) is 9.47 Å². The van der Waals surface area contributed by atoms with E-state index in [2.05, 4.69) is 28.2 Å². The van der Waals surface area contributed by atoms with Crippen LogP contribution < -0.4 is 21.3 Å². The van der Waals surface area contributed by atoms with E-state index in [0.717, 1.165) is 83.6 Å². The Kier molecular flexibility index (Phi) is 13.2. The number of likely N-dealkylation sites (N-methyl/N-ethyl adjacent to an activating group) is 2. The van der Waals surface area contributed by atoms with Gasteiger partial charge in [0.1, 0.15) is 0 Å². The second-order valence-corrected chi connectivity index (χ2v) is 10.7. The Bertz CT molecular complexity index is 574. The number of nitrogens with one attached hydrogen (secondary N) is 4. The second kappa shape index (κ2) is 15.8. The van der Waals surface area contributed by atoms with Gasteiger partial charge in [-0.3, -0.25) is 10.6 Å². The van der Waals surface area contributed by atoms with Gasteiger partial charge in [-0.1, -0.05) is 45.4 Å². The molecule has 9 nitrogen and oxygen atoms in total. The molecule has 0 bridgehead atoms. The molecule has 3 aliphatic carbocycles. The first-order chi connectivity index (χ1) is 17.0. The van der Waals surface area contributed by atoms with Gasteiger partial charge in [-0.15, -0.1) is 0 Å². The summed E-state index contributed by atoms with van der Waals surface area (Å²) in [6, 6.07) is 0.0769. The summed E-state index contributed by atoms with van der Waals surface area (Å²) in [4.78, 5) is 0. The summed E-state index contributed by atoms with van der Waals surface area (Å²) in [5.74, 6) is 0. The lowest BCUT2D eigenvalue weighted by Crippen LogP contribution is -2.52. The Morgan fingerprint density at radius 2 is 0.971 bits per heavy atom. The van der Waals surface area contributed by atoms with E-state index in [1.807, 2.05) is 7.05 Å². The van der Waals surface area contributed by atoms with Gasteiger partial charge in [0.2, 0.25) is 0 Å². The topological polar surface area (TPSA) is 127 Å². The van der Waals surface area contributed by atoms with Gasteiger partial charge in [-0.2, -0.15) is 0 Å². The van der Waals surface area contributed by atoms with Crippen molar-refractivity contribution in [3.05, 3.63) is 0 Å². The molecule has 0 aromatic rings. The molecule has 9 atom stereocenters. The van der Waals surface area contributed by atoms with E-state index in [1.165, 1.54) is 0 Å². The predicted octanol–water partition coefficient (Wildman–Crippen LogP) is 0.959. The molecule has 7 N–H and O–H groups in total. The van der Waals surface area contributed by atoms with Crippen LogP contribution >= 0.6 is 0 Å². The summed E-state index contributed by atoms with van der Waals surface area (Å²) in [6.45, 7) is 3.54. The Hall–Kier alpha value is -0.360. The summed E-state index contributed by atoms with van der Waals surface area (Å²) in [5, 5.41) is 46.0. The first kappa shape index (κ1) is 29.2.